The van der Waals surface area contributed by atoms with Gasteiger partial charge in [-0.3, -0.25) is 5.41 Å². The molecule has 0 unspecified atom stereocenters. The predicted octanol–water partition coefficient (Wildman–Crippen LogP) is 2.95. The van der Waals surface area contributed by atoms with Crippen molar-refractivity contribution in [3.63, 3.8) is 0 Å². The average Bonchev–Trinajstić information content (AvgIpc) is 2.34. The van der Waals surface area contributed by atoms with Crippen molar-refractivity contribution in [2.75, 3.05) is 0 Å². The summed E-state index contributed by atoms with van der Waals surface area (Å²) in [5, 5.41) is 7.28. The van der Waals surface area contributed by atoms with Crippen molar-refractivity contribution < 1.29 is 9.13 Å². The smallest absolute Gasteiger partial charge is 0.219 e. The number of pyridine rings is 1. The summed E-state index contributed by atoms with van der Waals surface area (Å²) in [4.78, 5) is 3.99. The third-order valence-corrected chi connectivity index (χ3v) is 2.42. The monoisotopic (exact) mass is 265 g/mol. The quantitative estimate of drug-likeness (QED) is 0.662. The molecule has 0 atom stereocenters. The summed E-state index contributed by atoms with van der Waals surface area (Å²) in [6.45, 7) is 0. The van der Waals surface area contributed by atoms with Gasteiger partial charge in [0.15, 0.2) is 0 Å². The van der Waals surface area contributed by atoms with Crippen LogP contribution in [0.3, 0.4) is 0 Å². The molecule has 0 radical (unpaired) electrons. The van der Waals surface area contributed by atoms with Crippen LogP contribution in [0.1, 0.15) is 5.69 Å². The summed E-state index contributed by atoms with van der Waals surface area (Å²) >= 11 is 5.56. The summed E-state index contributed by atoms with van der Waals surface area (Å²) < 4.78 is 18.5. The summed E-state index contributed by atoms with van der Waals surface area (Å²) in [6.07, 6.45) is 0. The Labute approximate surface area is 108 Å². The van der Waals surface area contributed by atoms with Crippen molar-refractivity contribution in [2.24, 2.45) is 5.73 Å². The highest BCUT2D eigenvalue weighted by atomic mass is 35.5. The number of nitrogen functional groups attached to an aromatic ring is 1. The summed E-state index contributed by atoms with van der Waals surface area (Å²) in [6, 6.07) is 8.88. The molecule has 92 valence electrons. The summed E-state index contributed by atoms with van der Waals surface area (Å²) in [5.41, 5.74) is 5.60. The molecule has 0 saturated heterocycles. The molecule has 1 aromatic carbocycles. The zero-order chi connectivity index (χ0) is 13.1. The Hall–Kier alpha value is -2.14. The van der Waals surface area contributed by atoms with E-state index in [1.165, 1.54) is 12.1 Å². The minimum atomic E-state index is -0.572. The molecule has 0 fully saturated rings. The second-order valence-corrected chi connectivity index (χ2v) is 3.86. The van der Waals surface area contributed by atoms with Gasteiger partial charge in [-0.25, -0.2) is 9.37 Å². The first-order valence-electron chi connectivity index (χ1n) is 5.00. The van der Waals surface area contributed by atoms with Crippen LogP contribution < -0.4 is 10.5 Å². The fraction of sp³-hybridized carbons (Fsp3) is 0. The maximum atomic E-state index is 13.2. The molecule has 0 aliphatic heterocycles. The van der Waals surface area contributed by atoms with Crippen LogP contribution in [0.5, 0.6) is 11.6 Å². The van der Waals surface area contributed by atoms with Gasteiger partial charge >= 0.3 is 0 Å². The van der Waals surface area contributed by atoms with Gasteiger partial charge in [0.25, 0.3) is 0 Å². The second kappa shape index (κ2) is 5.01. The first-order chi connectivity index (χ1) is 8.56. The molecule has 2 rings (SSSR count). The number of benzene rings is 1. The maximum absolute atomic E-state index is 13.2. The van der Waals surface area contributed by atoms with E-state index in [0.717, 1.165) is 6.07 Å². The Morgan fingerprint density at radius 1 is 1.33 bits per heavy atom. The van der Waals surface area contributed by atoms with E-state index >= 15 is 0 Å². The van der Waals surface area contributed by atoms with Crippen LogP contribution in [-0.4, -0.2) is 10.8 Å². The van der Waals surface area contributed by atoms with E-state index in [9.17, 15) is 4.39 Å². The van der Waals surface area contributed by atoms with Crippen molar-refractivity contribution in [3.8, 4) is 11.6 Å². The minimum Gasteiger partial charge on any atom is -0.439 e. The van der Waals surface area contributed by atoms with Gasteiger partial charge in [0.05, 0.1) is 5.02 Å². The van der Waals surface area contributed by atoms with E-state index < -0.39 is 5.82 Å². The van der Waals surface area contributed by atoms with Crippen molar-refractivity contribution >= 4 is 17.4 Å². The lowest BCUT2D eigenvalue weighted by Gasteiger charge is -2.06. The molecule has 0 aliphatic rings. The van der Waals surface area contributed by atoms with Crippen LogP contribution >= 0.6 is 11.6 Å². The molecule has 0 spiro atoms. The van der Waals surface area contributed by atoms with Gasteiger partial charge in [-0.1, -0.05) is 17.7 Å². The van der Waals surface area contributed by atoms with Crippen molar-refractivity contribution in [1.29, 1.82) is 5.41 Å². The van der Waals surface area contributed by atoms with Gasteiger partial charge in [-0.05, 0) is 18.2 Å². The molecule has 4 nitrogen and oxygen atoms in total. The first kappa shape index (κ1) is 12.3. The Kier molecular flexibility index (Phi) is 3.43. The van der Waals surface area contributed by atoms with Crippen LogP contribution in [0.4, 0.5) is 4.39 Å². The number of nitrogens with one attached hydrogen (secondary N) is 1. The minimum absolute atomic E-state index is 0.0211. The molecule has 1 heterocycles. The van der Waals surface area contributed by atoms with E-state index in [2.05, 4.69) is 4.98 Å². The standard InChI is InChI=1S/C12H9ClFN3O/c13-8-5-4-7(6-9(8)14)18-11-3-1-2-10(17-11)12(15)16/h1-6H,(H3,15,16). The van der Waals surface area contributed by atoms with Crippen LogP contribution in [0.2, 0.25) is 5.02 Å². The van der Waals surface area contributed by atoms with Gasteiger partial charge in [0, 0.05) is 12.1 Å². The van der Waals surface area contributed by atoms with Crippen LogP contribution in [0.15, 0.2) is 36.4 Å². The molecule has 3 N–H and O–H groups in total. The topological polar surface area (TPSA) is 72.0 Å². The Morgan fingerprint density at radius 3 is 2.78 bits per heavy atom. The number of halogens is 2. The largest absolute Gasteiger partial charge is 0.439 e. The fourth-order valence-corrected chi connectivity index (χ4v) is 1.40. The number of nitrogens with zero attached hydrogens (tertiary/aromatic N) is 1. The Bertz CT molecular complexity index is 604. The molecule has 0 aliphatic carbocycles. The number of hydrogen-bond donors (Lipinski definition) is 2. The molecule has 0 bridgehead atoms. The zero-order valence-corrected chi connectivity index (χ0v) is 9.91. The molecule has 1 aromatic heterocycles. The normalized spacial score (nSPS) is 10.1. The van der Waals surface area contributed by atoms with E-state index in [4.69, 9.17) is 27.5 Å². The molecule has 18 heavy (non-hydrogen) atoms. The summed E-state index contributed by atoms with van der Waals surface area (Å²) in [5.74, 6) is -0.242. The van der Waals surface area contributed by atoms with Gasteiger partial charge in [0.2, 0.25) is 5.88 Å². The molecule has 2 aromatic rings. The number of rotatable bonds is 3. The third-order valence-electron chi connectivity index (χ3n) is 2.11. The molecular formula is C12H9ClFN3O. The second-order valence-electron chi connectivity index (χ2n) is 3.45. The van der Waals surface area contributed by atoms with Crippen molar-refractivity contribution in [1.82, 2.24) is 4.98 Å². The third kappa shape index (κ3) is 2.75. The lowest BCUT2D eigenvalue weighted by atomic mass is 10.3. The lowest BCUT2D eigenvalue weighted by molar-refractivity contribution is 0.458. The van der Waals surface area contributed by atoms with Gasteiger partial charge < -0.3 is 10.5 Å². The summed E-state index contributed by atoms with van der Waals surface area (Å²) in [7, 11) is 0. The highest BCUT2D eigenvalue weighted by Crippen LogP contribution is 2.24. The van der Waals surface area contributed by atoms with E-state index in [-0.39, 0.29) is 22.5 Å². The van der Waals surface area contributed by atoms with Crippen LogP contribution in [0.25, 0.3) is 0 Å². The van der Waals surface area contributed by atoms with Crippen molar-refractivity contribution in [3.05, 3.63) is 52.9 Å². The number of nitrogens with two attached hydrogens (primary N) is 1. The number of hydrogen-bond acceptors (Lipinski definition) is 3. The van der Waals surface area contributed by atoms with E-state index in [1.54, 1.807) is 18.2 Å². The van der Waals surface area contributed by atoms with Crippen LogP contribution in [-0.2, 0) is 0 Å². The maximum Gasteiger partial charge on any atom is 0.219 e. The van der Waals surface area contributed by atoms with Gasteiger partial charge in [0.1, 0.15) is 23.1 Å². The van der Waals surface area contributed by atoms with Gasteiger partial charge in [-0.2, -0.15) is 0 Å². The first-order valence-corrected chi connectivity index (χ1v) is 5.38. The average molecular weight is 266 g/mol. The fourth-order valence-electron chi connectivity index (χ4n) is 1.28. The lowest BCUT2D eigenvalue weighted by Crippen LogP contribution is -2.13. The predicted molar refractivity (Wildman–Crippen MR) is 66.7 cm³/mol. The highest BCUT2D eigenvalue weighted by molar-refractivity contribution is 6.30. The highest BCUT2D eigenvalue weighted by Gasteiger charge is 2.05. The van der Waals surface area contributed by atoms with E-state index in [0.29, 0.717) is 5.69 Å². The number of amidine groups is 1. The SMILES string of the molecule is N=C(N)c1cccc(Oc2ccc(Cl)c(F)c2)n1. The number of aromatic nitrogens is 1. The van der Waals surface area contributed by atoms with Gasteiger partial charge in [-0.15, -0.1) is 0 Å². The molecule has 0 saturated carbocycles. The molecule has 0 amide bonds. The zero-order valence-electron chi connectivity index (χ0n) is 9.15. The number of ether oxygens (including phenoxy) is 1. The van der Waals surface area contributed by atoms with Crippen molar-refractivity contribution in [2.45, 2.75) is 0 Å². The molecular weight excluding hydrogens is 257 g/mol. The van der Waals surface area contributed by atoms with E-state index in [1.807, 2.05) is 0 Å². The van der Waals surface area contributed by atoms with Crippen LogP contribution in [0, 0.1) is 11.2 Å². The molecule has 6 heteroatoms. The Morgan fingerprint density at radius 2 is 2.11 bits per heavy atom. The Balaban J connectivity index is 2.25.